The van der Waals surface area contributed by atoms with Gasteiger partial charge in [0.15, 0.2) is 0 Å². The van der Waals surface area contributed by atoms with Gasteiger partial charge in [-0.15, -0.1) is 0 Å². The van der Waals surface area contributed by atoms with Crippen LogP contribution in [-0.4, -0.2) is 11.4 Å². The molecule has 0 aromatic heterocycles. The zero-order chi connectivity index (χ0) is 8.81. The van der Waals surface area contributed by atoms with Gasteiger partial charge in [0.2, 0.25) is 0 Å². The molecule has 0 fully saturated rings. The molecule has 0 aromatic rings. The van der Waals surface area contributed by atoms with Crippen LogP contribution in [0.3, 0.4) is 0 Å². The van der Waals surface area contributed by atoms with E-state index >= 15 is 0 Å². The van der Waals surface area contributed by atoms with Gasteiger partial charge in [0, 0.05) is 0 Å². The summed E-state index contributed by atoms with van der Waals surface area (Å²) >= 11 is 0. The lowest BCUT2D eigenvalue weighted by Crippen LogP contribution is -2.04. The molecule has 0 bridgehead atoms. The van der Waals surface area contributed by atoms with Crippen molar-refractivity contribution < 1.29 is 0 Å². The minimum atomic E-state index is 0.228. The van der Waals surface area contributed by atoms with Crippen molar-refractivity contribution in [2.45, 2.75) is 0 Å². The molecule has 0 aromatic carbocycles. The van der Waals surface area contributed by atoms with Gasteiger partial charge in [0.05, 0.1) is 11.4 Å². The van der Waals surface area contributed by atoms with Crippen LogP contribution < -0.4 is 0 Å². The predicted molar refractivity (Wildman–Crippen MR) is 52.0 cm³/mol. The molecule has 2 heteroatoms. The van der Waals surface area contributed by atoms with Crippen LogP contribution in [-0.2, 0) is 0 Å². The third-order valence-corrected chi connectivity index (χ3v) is 1.37. The van der Waals surface area contributed by atoms with Crippen molar-refractivity contribution in [3.8, 4) is 0 Å². The zero-order valence-electron chi connectivity index (χ0n) is 6.62. The maximum absolute atomic E-state index is 7.38. The summed E-state index contributed by atoms with van der Waals surface area (Å²) in [6, 6.07) is 0. The molecule has 0 spiro atoms. The molecule has 2 nitrogen and oxygen atoms in total. The van der Waals surface area contributed by atoms with Gasteiger partial charge in [-0.05, 0) is 12.2 Å². The van der Waals surface area contributed by atoms with Crippen LogP contribution in [0.4, 0.5) is 0 Å². The normalized spacial score (nSPS) is 25.0. The monoisotopic (exact) mass is 158 g/mol. The highest BCUT2D eigenvalue weighted by Gasteiger charge is 1.94. The Balaban J connectivity index is 2.88. The van der Waals surface area contributed by atoms with Crippen molar-refractivity contribution in [1.29, 1.82) is 10.8 Å². The zero-order valence-corrected chi connectivity index (χ0v) is 6.62. The highest BCUT2D eigenvalue weighted by molar-refractivity contribution is 6.48. The molecule has 0 aliphatic heterocycles. The highest BCUT2D eigenvalue weighted by Crippen LogP contribution is 1.90. The highest BCUT2D eigenvalue weighted by atomic mass is 14.5. The summed E-state index contributed by atoms with van der Waals surface area (Å²) in [5.74, 6) is 0. The SMILES string of the molecule is N=C1C=C\C=C/C=C\C=C/C1=N. The second-order valence-corrected chi connectivity index (χ2v) is 2.32. The van der Waals surface area contributed by atoms with Crippen molar-refractivity contribution in [3.63, 3.8) is 0 Å². The van der Waals surface area contributed by atoms with E-state index in [4.69, 9.17) is 10.8 Å². The third kappa shape index (κ3) is 2.50. The molecule has 2 N–H and O–H groups in total. The molecule has 0 saturated carbocycles. The third-order valence-electron chi connectivity index (χ3n) is 1.37. The van der Waals surface area contributed by atoms with Crippen LogP contribution in [0.1, 0.15) is 0 Å². The Hall–Kier alpha value is -1.70. The molecule has 0 atom stereocenters. The lowest BCUT2D eigenvalue weighted by molar-refractivity contribution is 1.49. The standard InChI is InChI=1S/C10H10N2/c11-9-7-5-3-1-2-4-6-8-10(9)12/h1-8,11-12H/b3-1-,4-2-,7-5-,8-6?,11-9?,12-10?. The molecule has 1 aliphatic carbocycles. The predicted octanol–water partition coefficient (Wildman–Crippen LogP) is 2.26. The molecule has 0 heterocycles. The summed E-state index contributed by atoms with van der Waals surface area (Å²) in [6.45, 7) is 0. The largest absolute Gasteiger partial charge is 0.299 e. The van der Waals surface area contributed by atoms with Crippen LogP contribution in [0.15, 0.2) is 48.6 Å². The van der Waals surface area contributed by atoms with E-state index in [1.807, 2.05) is 24.3 Å². The first-order chi connectivity index (χ1) is 5.80. The first kappa shape index (κ1) is 8.40. The summed E-state index contributed by atoms with van der Waals surface area (Å²) in [5, 5.41) is 14.8. The van der Waals surface area contributed by atoms with Crippen LogP contribution >= 0.6 is 0 Å². The quantitative estimate of drug-likeness (QED) is 0.543. The molecular weight excluding hydrogens is 148 g/mol. The smallest absolute Gasteiger partial charge is 0.0789 e. The van der Waals surface area contributed by atoms with Gasteiger partial charge in [-0.2, -0.15) is 0 Å². The van der Waals surface area contributed by atoms with Gasteiger partial charge in [-0.25, -0.2) is 0 Å². The first-order valence-corrected chi connectivity index (χ1v) is 3.66. The second kappa shape index (κ2) is 4.23. The molecule has 12 heavy (non-hydrogen) atoms. The van der Waals surface area contributed by atoms with E-state index < -0.39 is 0 Å². The minimum absolute atomic E-state index is 0.228. The van der Waals surface area contributed by atoms with Crippen molar-refractivity contribution in [2.24, 2.45) is 0 Å². The average Bonchev–Trinajstić information content (AvgIpc) is 2.08. The Labute approximate surface area is 71.6 Å². The molecule has 60 valence electrons. The summed E-state index contributed by atoms with van der Waals surface area (Å²) < 4.78 is 0. The Bertz CT molecular complexity index is 272. The van der Waals surface area contributed by atoms with Crippen LogP contribution in [0.5, 0.6) is 0 Å². The summed E-state index contributed by atoms with van der Waals surface area (Å²) in [5.41, 5.74) is 0.456. The van der Waals surface area contributed by atoms with E-state index in [0.717, 1.165) is 0 Å². The van der Waals surface area contributed by atoms with Gasteiger partial charge >= 0.3 is 0 Å². The van der Waals surface area contributed by atoms with Crippen molar-refractivity contribution in [1.82, 2.24) is 0 Å². The molecule has 0 amide bonds. The molecule has 0 unspecified atom stereocenters. The lowest BCUT2D eigenvalue weighted by atomic mass is 10.2. The fraction of sp³-hybridized carbons (Fsp3) is 0. The molecule has 1 rings (SSSR count). The van der Waals surface area contributed by atoms with E-state index in [9.17, 15) is 0 Å². The van der Waals surface area contributed by atoms with E-state index in [-0.39, 0.29) is 11.4 Å². The number of hydrogen-bond donors (Lipinski definition) is 2. The Morgan fingerprint density at radius 3 is 1.33 bits per heavy atom. The van der Waals surface area contributed by atoms with E-state index in [1.165, 1.54) is 0 Å². The van der Waals surface area contributed by atoms with Gasteiger partial charge in [0.25, 0.3) is 0 Å². The number of allylic oxidation sites excluding steroid dienone is 8. The van der Waals surface area contributed by atoms with Crippen molar-refractivity contribution in [3.05, 3.63) is 48.6 Å². The van der Waals surface area contributed by atoms with E-state index in [0.29, 0.717) is 0 Å². The van der Waals surface area contributed by atoms with Gasteiger partial charge in [-0.3, -0.25) is 10.8 Å². The lowest BCUT2D eigenvalue weighted by Gasteiger charge is -1.93. The second-order valence-electron chi connectivity index (χ2n) is 2.32. The number of nitrogens with one attached hydrogen (secondary N) is 2. The Morgan fingerprint density at radius 1 is 0.583 bits per heavy atom. The van der Waals surface area contributed by atoms with Gasteiger partial charge < -0.3 is 0 Å². The first-order valence-electron chi connectivity index (χ1n) is 3.66. The topological polar surface area (TPSA) is 47.7 Å². The van der Waals surface area contributed by atoms with Crippen molar-refractivity contribution in [2.75, 3.05) is 0 Å². The Kier molecular flexibility index (Phi) is 2.96. The average molecular weight is 158 g/mol. The van der Waals surface area contributed by atoms with Crippen LogP contribution in [0.2, 0.25) is 0 Å². The molecular formula is C10H10N2. The minimum Gasteiger partial charge on any atom is -0.299 e. The summed E-state index contributed by atoms with van der Waals surface area (Å²) in [4.78, 5) is 0. The van der Waals surface area contributed by atoms with Gasteiger partial charge in [0.1, 0.15) is 0 Å². The fourth-order valence-corrected chi connectivity index (χ4v) is 0.740. The maximum Gasteiger partial charge on any atom is 0.0789 e. The number of rotatable bonds is 0. The summed E-state index contributed by atoms with van der Waals surface area (Å²) in [7, 11) is 0. The van der Waals surface area contributed by atoms with Crippen LogP contribution in [0.25, 0.3) is 0 Å². The maximum atomic E-state index is 7.38. The van der Waals surface area contributed by atoms with E-state index in [2.05, 4.69) is 0 Å². The number of hydrogen-bond acceptors (Lipinski definition) is 2. The van der Waals surface area contributed by atoms with Crippen LogP contribution in [0, 0.1) is 10.8 Å². The Morgan fingerprint density at radius 2 is 0.917 bits per heavy atom. The fourth-order valence-electron chi connectivity index (χ4n) is 0.740. The van der Waals surface area contributed by atoms with Gasteiger partial charge in [-0.1, -0.05) is 36.5 Å². The molecule has 0 radical (unpaired) electrons. The van der Waals surface area contributed by atoms with E-state index in [1.54, 1.807) is 24.3 Å². The molecule has 0 saturated heterocycles. The molecule has 1 aliphatic rings. The van der Waals surface area contributed by atoms with Crippen molar-refractivity contribution >= 4 is 11.4 Å². The summed E-state index contributed by atoms with van der Waals surface area (Å²) in [6.07, 6.45) is 14.1.